The van der Waals surface area contributed by atoms with Gasteiger partial charge in [-0.15, -0.1) is 0 Å². The van der Waals surface area contributed by atoms with E-state index >= 15 is 0 Å². The van der Waals surface area contributed by atoms with Crippen LogP contribution in [0.5, 0.6) is 5.75 Å². The van der Waals surface area contributed by atoms with Crippen LogP contribution in [0.2, 0.25) is 0 Å². The molecule has 0 aromatic heterocycles. The topological polar surface area (TPSA) is 102 Å². The molecular weight excluding hydrogens is 338 g/mol. The number of rotatable bonds is 6. The predicted molar refractivity (Wildman–Crippen MR) is 93.5 cm³/mol. The molecule has 0 saturated carbocycles. The highest BCUT2D eigenvalue weighted by Crippen LogP contribution is 2.13. The van der Waals surface area contributed by atoms with Crippen LogP contribution in [0.15, 0.2) is 24.3 Å². The predicted octanol–water partition coefficient (Wildman–Crippen LogP) is -1.31. The third-order valence-electron chi connectivity index (χ3n) is 4.45. The summed E-state index contributed by atoms with van der Waals surface area (Å²) < 4.78 is 9.94. The van der Waals surface area contributed by atoms with Crippen LogP contribution in [0, 0.1) is 0 Å². The van der Waals surface area contributed by atoms with Crippen molar-refractivity contribution in [2.24, 2.45) is 0 Å². The molecule has 8 nitrogen and oxygen atoms in total. The maximum Gasteiger partial charge on any atom is 0.328 e. The van der Waals surface area contributed by atoms with E-state index in [2.05, 4.69) is 5.32 Å². The van der Waals surface area contributed by atoms with E-state index in [1.54, 1.807) is 19.2 Å². The summed E-state index contributed by atoms with van der Waals surface area (Å²) in [6.07, 6.45) is 0.291. The fourth-order valence-corrected chi connectivity index (χ4v) is 3.02. The molecule has 0 bridgehead atoms. The summed E-state index contributed by atoms with van der Waals surface area (Å²) in [6, 6.07) is 5.83. The Bertz CT molecular complexity index is 647. The summed E-state index contributed by atoms with van der Waals surface area (Å²) >= 11 is 0. The van der Waals surface area contributed by atoms with Crippen LogP contribution in [-0.2, 0) is 25.5 Å². The van der Waals surface area contributed by atoms with Crippen LogP contribution in [-0.4, -0.2) is 68.6 Å². The van der Waals surface area contributed by atoms with Gasteiger partial charge in [0, 0.05) is 13.3 Å². The maximum atomic E-state index is 12.7. The highest BCUT2D eigenvalue weighted by atomic mass is 16.5. The van der Waals surface area contributed by atoms with Gasteiger partial charge in [0.25, 0.3) is 0 Å². The van der Waals surface area contributed by atoms with Gasteiger partial charge in [0.15, 0.2) is 6.04 Å². The smallest absolute Gasteiger partial charge is 0.328 e. The lowest BCUT2D eigenvalue weighted by molar-refractivity contribution is -0.665. The van der Waals surface area contributed by atoms with Crippen molar-refractivity contribution in [1.82, 2.24) is 10.2 Å². The summed E-state index contributed by atoms with van der Waals surface area (Å²) in [4.78, 5) is 38.1. The molecule has 1 aromatic rings. The highest BCUT2D eigenvalue weighted by Gasteiger charge is 2.35. The number of piperazine rings is 1. The molecule has 3 N–H and O–H groups in total. The molecule has 2 atom stereocenters. The van der Waals surface area contributed by atoms with Gasteiger partial charge in [-0.2, -0.15) is 0 Å². The summed E-state index contributed by atoms with van der Waals surface area (Å²) in [7, 11) is 2.86. The van der Waals surface area contributed by atoms with Gasteiger partial charge < -0.3 is 25.0 Å². The fourth-order valence-electron chi connectivity index (χ4n) is 3.02. The Labute approximate surface area is 152 Å². The number of nitrogens with zero attached hydrogens (tertiary/aromatic N) is 1. The number of benzene rings is 1. The van der Waals surface area contributed by atoms with Gasteiger partial charge >= 0.3 is 5.97 Å². The minimum absolute atomic E-state index is 0.150. The number of hydrogen-bond acceptors (Lipinski definition) is 5. The first-order valence-electron chi connectivity index (χ1n) is 8.56. The van der Waals surface area contributed by atoms with Crippen LogP contribution in [0.4, 0.5) is 0 Å². The van der Waals surface area contributed by atoms with Crippen molar-refractivity contribution >= 4 is 17.8 Å². The molecule has 2 amide bonds. The molecule has 1 saturated heterocycles. The summed E-state index contributed by atoms with van der Waals surface area (Å²) in [6.45, 7) is 3.19. The quantitative estimate of drug-likeness (QED) is 0.611. The molecule has 2 rings (SSSR count). The average molecular weight is 364 g/mol. The van der Waals surface area contributed by atoms with Gasteiger partial charge in [-0.25, -0.2) is 4.79 Å². The van der Waals surface area contributed by atoms with Crippen molar-refractivity contribution in [3.63, 3.8) is 0 Å². The molecule has 1 aliphatic heterocycles. The van der Waals surface area contributed by atoms with Gasteiger partial charge in [-0.3, -0.25) is 9.59 Å². The molecule has 1 fully saturated rings. The van der Waals surface area contributed by atoms with Crippen LogP contribution >= 0.6 is 0 Å². The van der Waals surface area contributed by atoms with E-state index in [1.165, 1.54) is 18.9 Å². The van der Waals surface area contributed by atoms with Crippen molar-refractivity contribution in [2.75, 3.05) is 33.9 Å². The van der Waals surface area contributed by atoms with Gasteiger partial charge in [0.2, 0.25) is 11.8 Å². The lowest BCUT2D eigenvalue weighted by atomic mass is 10.0. The summed E-state index contributed by atoms with van der Waals surface area (Å²) in [5, 5.41) is 4.73. The van der Waals surface area contributed by atoms with Crippen LogP contribution in [0.25, 0.3) is 0 Å². The SMILES string of the molecule is COC(=O)[C@H](Cc1ccc(OC)cc1)NC(=O)[C@@H]1C[NH2+]CCN1C(C)=O. The Morgan fingerprint density at radius 3 is 2.54 bits per heavy atom. The van der Waals surface area contributed by atoms with E-state index in [0.29, 0.717) is 25.3 Å². The van der Waals surface area contributed by atoms with Crippen molar-refractivity contribution in [1.29, 1.82) is 0 Å². The van der Waals surface area contributed by atoms with E-state index in [0.717, 1.165) is 12.1 Å². The zero-order chi connectivity index (χ0) is 19.1. The maximum absolute atomic E-state index is 12.7. The molecule has 0 radical (unpaired) electrons. The molecule has 1 heterocycles. The van der Waals surface area contributed by atoms with E-state index in [-0.39, 0.29) is 11.8 Å². The van der Waals surface area contributed by atoms with E-state index in [9.17, 15) is 14.4 Å². The molecule has 1 aliphatic rings. The minimum atomic E-state index is -0.823. The third kappa shape index (κ3) is 4.95. The molecule has 0 unspecified atom stereocenters. The molecule has 26 heavy (non-hydrogen) atoms. The second kappa shape index (κ2) is 9.19. The van der Waals surface area contributed by atoms with Crippen molar-refractivity contribution in [3.05, 3.63) is 29.8 Å². The lowest BCUT2D eigenvalue weighted by Gasteiger charge is -2.33. The fraction of sp³-hybridized carbons (Fsp3) is 0.500. The second-order valence-corrected chi connectivity index (χ2v) is 6.18. The Kier molecular flexibility index (Phi) is 6.97. The first-order valence-corrected chi connectivity index (χ1v) is 8.56. The zero-order valence-corrected chi connectivity index (χ0v) is 15.4. The first-order chi connectivity index (χ1) is 12.5. The van der Waals surface area contributed by atoms with Crippen LogP contribution < -0.4 is 15.4 Å². The Hall–Kier alpha value is -2.61. The largest absolute Gasteiger partial charge is 0.497 e. The molecule has 142 valence electrons. The average Bonchev–Trinajstić information content (AvgIpc) is 2.67. The number of quaternary nitrogens is 1. The number of nitrogens with two attached hydrogens (primary N) is 1. The minimum Gasteiger partial charge on any atom is -0.497 e. The standard InChI is InChI=1S/C18H25N3O5/c1-12(22)21-9-8-19-11-16(21)17(23)20-15(18(24)26-3)10-13-4-6-14(25-2)7-5-13/h4-7,15-16,19H,8-11H2,1-3H3,(H,20,23)/p+1/t15-,16-/m0/s1. The van der Waals surface area contributed by atoms with E-state index in [1.807, 2.05) is 17.4 Å². The zero-order valence-electron chi connectivity index (χ0n) is 15.4. The molecule has 8 heteroatoms. The van der Waals surface area contributed by atoms with Crippen LogP contribution in [0.1, 0.15) is 12.5 Å². The lowest BCUT2D eigenvalue weighted by Crippen LogP contribution is -2.93. The number of amides is 2. The van der Waals surface area contributed by atoms with E-state index in [4.69, 9.17) is 9.47 Å². The first kappa shape index (κ1) is 19.7. The monoisotopic (exact) mass is 364 g/mol. The van der Waals surface area contributed by atoms with Crippen molar-refractivity contribution in [3.8, 4) is 5.75 Å². The van der Waals surface area contributed by atoms with Crippen LogP contribution in [0.3, 0.4) is 0 Å². The van der Waals surface area contributed by atoms with Crippen molar-refractivity contribution < 1.29 is 29.2 Å². The third-order valence-corrected chi connectivity index (χ3v) is 4.45. The van der Waals surface area contributed by atoms with Gasteiger partial charge in [0.1, 0.15) is 18.3 Å². The molecular formula is C18H26N3O5+. The molecule has 0 aliphatic carbocycles. The van der Waals surface area contributed by atoms with Gasteiger partial charge in [-0.05, 0) is 17.7 Å². The number of carbonyl (C=O) groups excluding carboxylic acids is 3. The number of nitrogens with one attached hydrogen (secondary N) is 1. The van der Waals surface area contributed by atoms with Gasteiger partial charge in [0.05, 0.1) is 27.3 Å². The molecule has 0 spiro atoms. The number of ether oxygens (including phenoxy) is 2. The summed E-state index contributed by atoms with van der Waals surface area (Å²) in [5.41, 5.74) is 0.861. The number of methoxy groups -OCH3 is 2. The normalized spacial score (nSPS) is 18.0. The Morgan fingerprint density at radius 2 is 1.96 bits per heavy atom. The van der Waals surface area contributed by atoms with Crippen molar-refractivity contribution in [2.45, 2.75) is 25.4 Å². The number of esters is 1. The Balaban J connectivity index is 2.09. The number of carbonyl (C=O) groups is 3. The summed E-state index contributed by atoms with van der Waals surface area (Å²) in [5.74, 6) is -0.311. The van der Waals surface area contributed by atoms with Gasteiger partial charge in [-0.1, -0.05) is 12.1 Å². The number of hydrogen-bond donors (Lipinski definition) is 2. The Morgan fingerprint density at radius 1 is 1.27 bits per heavy atom. The molecule has 1 aromatic carbocycles. The highest BCUT2D eigenvalue weighted by molar-refractivity contribution is 5.90. The second-order valence-electron chi connectivity index (χ2n) is 6.18. The van der Waals surface area contributed by atoms with E-state index < -0.39 is 18.1 Å².